The summed E-state index contributed by atoms with van der Waals surface area (Å²) in [6.07, 6.45) is 2.20. The van der Waals surface area contributed by atoms with E-state index in [4.69, 9.17) is 9.73 Å². The van der Waals surface area contributed by atoms with Crippen molar-refractivity contribution in [1.29, 1.82) is 0 Å². The highest BCUT2D eigenvalue weighted by Gasteiger charge is 2.42. The van der Waals surface area contributed by atoms with Gasteiger partial charge in [-0.2, -0.15) is 0 Å². The first-order chi connectivity index (χ1) is 15.3. The summed E-state index contributed by atoms with van der Waals surface area (Å²) in [6.45, 7) is 11.3. The van der Waals surface area contributed by atoms with Gasteiger partial charge in [-0.25, -0.2) is 9.79 Å². The third kappa shape index (κ3) is 4.35. The third-order valence-electron chi connectivity index (χ3n) is 6.07. The minimum absolute atomic E-state index is 0.132. The van der Waals surface area contributed by atoms with Crippen LogP contribution in [0, 0.1) is 13.8 Å². The number of aliphatic imine (C=N–C) groups is 1. The third-order valence-corrected chi connectivity index (χ3v) is 6.96. The fraction of sp³-hybridized carbons (Fsp3) is 0.480. The number of ether oxygens (including phenoxy) is 1. The molecule has 1 aromatic carbocycles. The Balaban J connectivity index is 1.75. The Kier molecular flexibility index (Phi) is 6.47. The number of fused-ring (bicyclic) bond motifs is 1. The molecule has 1 amide bonds. The lowest BCUT2D eigenvalue weighted by Crippen LogP contribution is -2.39. The molecule has 1 aromatic rings. The standard InChI is InChI=1S/C25H31N3O3S/c1-15(2)31-24(30)22-18(5)26-25-28(23(22)20-9-8-16(3)12-17(20)4)19(14-32-25)13-21(29)27-10-6-7-11-27/h8-9,12,14-15,23H,6-7,10-11,13H2,1-5H3/t23-/m1/s1. The quantitative estimate of drug-likeness (QED) is 0.597. The van der Waals surface area contributed by atoms with Gasteiger partial charge in [0, 0.05) is 18.8 Å². The van der Waals surface area contributed by atoms with Crippen molar-refractivity contribution in [3.63, 3.8) is 0 Å². The second kappa shape index (κ2) is 9.14. The van der Waals surface area contributed by atoms with E-state index in [9.17, 15) is 9.59 Å². The van der Waals surface area contributed by atoms with E-state index in [1.807, 2.05) is 31.1 Å². The molecule has 4 rings (SSSR count). The Morgan fingerprint density at radius 1 is 1.19 bits per heavy atom. The number of esters is 1. The molecule has 1 saturated heterocycles. The van der Waals surface area contributed by atoms with Crippen LogP contribution in [0.5, 0.6) is 0 Å². The van der Waals surface area contributed by atoms with E-state index in [1.54, 1.807) is 0 Å². The van der Waals surface area contributed by atoms with Crippen LogP contribution >= 0.6 is 11.8 Å². The van der Waals surface area contributed by atoms with Crippen LogP contribution in [0.25, 0.3) is 0 Å². The Bertz CT molecular complexity index is 1030. The van der Waals surface area contributed by atoms with E-state index in [0.29, 0.717) is 17.7 Å². The SMILES string of the molecule is CC1=C(C(=O)OC(C)C)[C@@H](c2ccc(C)cc2C)N2C(CC(=O)N3CCCC3)=CSC2=N1. The van der Waals surface area contributed by atoms with Gasteiger partial charge in [0.15, 0.2) is 5.17 Å². The topological polar surface area (TPSA) is 62.2 Å². The zero-order chi connectivity index (χ0) is 23.0. The highest BCUT2D eigenvalue weighted by molar-refractivity contribution is 8.16. The lowest BCUT2D eigenvalue weighted by Gasteiger charge is -2.37. The predicted molar refractivity (Wildman–Crippen MR) is 128 cm³/mol. The molecular weight excluding hydrogens is 422 g/mol. The molecule has 0 bridgehead atoms. The number of likely N-dealkylation sites (tertiary alicyclic amines) is 1. The molecular formula is C25H31N3O3S. The number of thioether (sulfide) groups is 1. The van der Waals surface area contributed by atoms with Crippen molar-refractivity contribution in [3.8, 4) is 0 Å². The Morgan fingerprint density at radius 2 is 1.91 bits per heavy atom. The molecule has 3 aliphatic rings. The van der Waals surface area contributed by atoms with Crippen molar-refractivity contribution >= 4 is 28.8 Å². The van der Waals surface area contributed by atoms with Crippen LogP contribution in [0.4, 0.5) is 0 Å². The van der Waals surface area contributed by atoms with E-state index in [-0.39, 0.29) is 24.0 Å². The molecule has 0 spiro atoms. The predicted octanol–water partition coefficient (Wildman–Crippen LogP) is 4.84. The lowest BCUT2D eigenvalue weighted by molar-refractivity contribution is -0.143. The summed E-state index contributed by atoms with van der Waals surface area (Å²) in [5.74, 6) is -0.222. The number of hydrogen-bond acceptors (Lipinski definition) is 6. The number of amides is 1. The number of carbonyl (C=O) groups is 2. The second-order valence-corrected chi connectivity index (χ2v) is 9.81. The second-order valence-electron chi connectivity index (χ2n) is 8.97. The van der Waals surface area contributed by atoms with Crippen molar-refractivity contribution in [2.45, 2.75) is 66.0 Å². The smallest absolute Gasteiger partial charge is 0.338 e. The van der Waals surface area contributed by atoms with Crippen molar-refractivity contribution in [1.82, 2.24) is 9.80 Å². The number of amidine groups is 1. The minimum Gasteiger partial charge on any atom is -0.459 e. The largest absolute Gasteiger partial charge is 0.459 e. The maximum Gasteiger partial charge on any atom is 0.338 e. The van der Waals surface area contributed by atoms with Crippen LogP contribution in [0.1, 0.15) is 62.8 Å². The number of allylic oxidation sites excluding steroid dienone is 1. The number of aryl methyl sites for hydroxylation is 2. The summed E-state index contributed by atoms with van der Waals surface area (Å²) in [5, 5.41) is 2.81. The fourth-order valence-corrected chi connectivity index (χ4v) is 5.53. The first kappa shape index (κ1) is 22.6. The molecule has 0 N–H and O–H groups in total. The molecule has 3 aliphatic heterocycles. The van der Waals surface area contributed by atoms with Gasteiger partial charge in [0.1, 0.15) is 0 Å². The van der Waals surface area contributed by atoms with Gasteiger partial charge in [-0.1, -0.05) is 35.5 Å². The van der Waals surface area contributed by atoms with Crippen LogP contribution in [-0.4, -0.2) is 46.0 Å². The van der Waals surface area contributed by atoms with E-state index in [1.165, 1.54) is 17.3 Å². The highest BCUT2D eigenvalue weighted by atomic mass is 32.2. The summed E-state index contributed by atoms with van der Waals surface area (Å²) in [7, 11) is 0. The lowest BCUT2D eigenvalue weighted by atomic mass is 9.90. The van der Waals surface area contributed by atoms with Crippen molar-refractivity contribution in [2.75, 3.05) is 13.1 Å². The van der Waals surface area contributed by atoms with Gasteiger partial charge in [0.05, 0.1) is 29.8 Å². The molecule has 1 atom stereocenters. The van der Waals surface area contributed by atoms with Crippen LogP contribution in [0.15, 0.2) is 45.6 Å². The van der Waals surface area contributed by atoms with E-state index in [0.717, 1.165) is 47.9 Å². The summed E-state index contributed by atoms with van der Waals surface area (Å²) in [5.41, 5.74) is 5.38. The van der Waals surface area contributed by atoms with Gasteiger partial charge in [-0.15, -0.1) is 0 Å². The molecule has 0 unspecified atom stereocenters. The average Bonchev–Trinajstić information content (AvgIpc) is 3.37. The van der Waals surface area contributed by atoms with Crippen LogP contribution in [0.3, 0.4) is 0 Å². The Hall–Kier alpha value is -2.54. The molecule has 170 valence electrons. The monoisotopic (exact) mass is 453 g/mol. The number of rotatable bonds is 5. The van der Waals surface area contributed by atoms with Crippen LogP contribution < -0.4 is 0 Å². The Labute approximate surface area is 194 Å². The van der Waals surface area contributed by atoms with Gasteiger partial charge in [0.2, 0.25) is 5.91 Å². The molecule has 0 saturated carbocycles. The summed E-state index contributed by atoms with van der Waals surface area (Å²) >= 11 is 1.51. The molecule has 0 aromatic heterocycles. The van der Waals surface area contributed by atoms with Gasteiger partial charge >= 0.3 is 5.97 Å². The highest BCUT2D eigenvalue weighted by Crippen LogP contribution is 2.45. The molecule has 0 aliphatic carbocycles. The number of benzene rings is 1. The van der Waals surface area contributed by atoms with Gasteiger partial charge in [-0.3, -0.25) is 4.79 Å². The maximum absolute atomic E-state index is 13.2. The molecule has 7 heteroatoms. The van der Waals surface area contributed by atoms with E-state index in [2.05, 4.69) is 36.9 Å². The van der Waals surface area contributed by atoms with E-state index < -0.39 is 0 Å². The normalized spacial score (nSPS) is 20.5. The molecule has 32 heavy (non-hydrogen) atoms. The summed E-state index contributed by atoms with van der Waals surface area (Å²) in [4.78, 5) is 34.9. The van der Waals surface area contributed by atoms with Gasteiger partial charge in [0.25, 0.3) is 0 Å². The average molecular weight is 454 g/mol. The maximum atomic E-state index is 13.2. The Morgan fingerprint density at radius 3 is 2.56 bits per heavy atom. The van der Waals surface area contributed by atoms with Crippen LogP contribution in [-0.2, 0) is 14.3 Å². The van der Waals surface area contributed by atoms with Crippen molar-refractivity contribution in [3.05, 3.63) is 57.3 Å². The number of carbonyl (C=O) groups excluding carboxylic acids is 2. The van der Waals surface area contributed by atoms with Crippen molar-refractivity contribution in [2.24, 2.45) is 4.99 Å². The molecule has 3 heterocycles. The zero-order valence-electron chi connectivity index (χ0n) is 19.5. The van der Waals surface area contributed by atoms with Crippen LogP contribution in [0.2, 0.25) is 0 Å². The van der Waals surface area contributed by atoms with Crippen molar-refractivity contribution < 1.29 is 14.3 Å². The van der Waals surface area contributed by atoms with Gasteiger partial charge < -0.3 is 14.5 Å². The minimum atomic E-state index is -0.373. The first-order valence-corrected chi connectivity index (χ1v) is 12.1. The molecule has 6 nitrogen and oxygen atoms in total. The number of nitrogens with zero attached hydrogens (tertiary/aromatic N) is 3. The first-order valence-electron chi connectivity index (χ1n) is 11.3. The summed E-state index contributed by atoms with van der Waals surface area (Å²) in [6, 6.07) is 5.90. The summed E-state index contributed by atoms with van der Waals surface area (Å²) < 4.78 is 5.63. The van der Waals surface area contributed by atoms with Gasteiger partial charge in [-0.05, 0) is 64.0 Å². The van der Waals surface area contributed by atoms with E-state index >= 15 is 0 Å². The number of hydrogen-bond donors (Lipinski definition) is 0. The fourth-order valence-electron chi connectivity index (χ4n) is 4.57. The molecule has 0 radical (unpaired) electrons. The molecule has 1 fully saturated rings. The zero-order valence-corrected chi connectivity index (χ0v) is 20.3.